The second-order valence-corrected chi connectivity index (χ2v) is 5.45. The molecule has 3 rings (SSSR count). The van der Waals surface area contributed by atoms with E-state index in [0.717, 1.165) is 18.0 Å². The quantitative estimate of drug-likeness (QED) is 0.675. The van der Waals surface area contributed by atoms with Gasteiger partial charge in [-0.25, -0.2) is 14.4 Å². The summed E-state index contributed by atoms with van der Waals surface area (Å²) >= 11 is 0. The molecule has 1 unspecified atom stereocenters. The molecule has 0 aliphatic carbocycles. The minimum absolute atomic E-state index is 0.0309. The number of rotatable bonds is 3. The first-order valence-electron chi connectivity index (χ1n) is 7.30. The molecule has 0 aromatic carbocycles. The molecule has 5 nitrogen and oxygen atoms in total. The van der Waals surface area contributed by atoms with Crippen molar-refractivity contribution in [1.82, 2.24) is 19.9 Å². The number of aromatic nitrogens is 4. The monoisotopic (exact) mass is 351 g/mol. The zero-order chi connectivity index (χ0) is 18.2. The van der Waals surface area contributed by atoms with E-state index in [1.807, 2.05) is 0 Å². The Hall–Kier alpha value is -2.84. The zero-order valence-corrected chi connectivity index (χ0v) is 13.3. The van der Waals surface area contributed by atoms with Crippen LogP contribution >= 0.6 is 0 Å². The van der Waals surface area contributed by atoms with Gasteiger partial charge in [-0.1, -0.05) is 0 Å². The lowest BCUT2D eigenvalue weighted by Gasteiger charge is -2.28. The Morgan fingerprint density at radius 1 is 1.04 bits per heavy atom. The highest BCUT2D eigenvalue weighted by molar-refractivity contribution is 5.90. The van der Waals surface area contributed by atoms with Crippen molar-refractivity contribution in [2.24, 2.45) is 0 Å². The summed E-state index contributed by atoms with van der Waals surface area (Å²) < 4.78 is 53.3. The average molecular weight is 351 g/mol. The molecule has 0 radical (unpaired) electrons. The fourth-order valence-corrected chi connectivity index (χ4v) is 2.31. The first-order valence-corrected chi connectivity index (χ1v) is 7.30. The second-order valence-electron chi connectivity index (χ2n) is 5.45. The van der Waals surface area contributed by atoms with E-state index in [-0.39, 0.29) is 17.2 Å². The Morgan fingerprint density at radius 3 is 2.40 bits per heavy atom. The van der Waals surface area contributed by atoms with Crippen LogP contribution in [0.4, 0.5) is 23.4 Å². The number of anilines is 1. The van der Waals surface area contributed by atoms with Crippen molar-refractivity contribution in [1.29, 1.82) is 0 Å². The van der Waals surface area contributed by atoms with E-state index in [9.17, 15) is 17.6 Å². The van der Waals surface area contributed by atoms with Crippen LogP contribution in [0.3, 0.4) is 0 Å². The summed E-state index contributed by atoms with van der Waals surface area (Å²) in [4.78, 5) is 17.0. The Bertz CT molecular complexity index is 912. The van der Waals surface area contributed by atoms with Gasteiger partial charge in [0, 0.05) is 24.8 Å². The molecule has 0 saturated heterocycles. The molecular formula is C16H13F4N5. The second kappa shape index (κ2) is 6.23. The highest BCUT2D eigenvalue weighted by Crippen LogP contribution is 2.32. The maximum absolute atomic E-state index is 14.0. The summed E-state index contributed by atoms with van der Waals surface area (Å²) in [6, 6.07) is 1.11. The van der Waals surface area contributed by atoms with Crippen LogP contribution in [0.25, 0.3) is 22.3 Å². The van der Waals surface area contributed by atoms with E-state index in [0.29, 0.717) is 10.9 Å². The van der Waals surface area contributed by atoms with E-state index >= 15 is 0 Å². The SMILES string of the molecule is CC(N(C)c1nc(-c2ccncc2F)nc2cnccc12)C(F)(F)F. The van der Waals surface area contributed by atoms with Crippen LogP contribution in [0, 0.1) is 5.82 Å². The smallest absolute Gasteiger partial charge is 0.347 e. The normalized spacial score (nSPS) is 13.0. The highest BCUT2D eigenvalue weighted by Gasteiger charge is 2.39. The van der Waals surface area contributed by atoms with Gasteiger partial charge in [0.1, 0.15) is 11.9 Å². The van der Waals surface area contributed by atoms with E-state index in [1.165, 1.54) is 37.8 Å². The van der Waals surface area contributed by atoms with E-state index in [4.69, 9.17) is 0 Å². The molecule has 3 aromatic rings. The Balaban J connectivity index is 2.22. The number of pyridine rings is 2. The minimum Gasteiger partial charge on any atom is -0.347 e. The van der Waals surface area contributed by atoms with Crippen LogP contribution < -0.4 is 4.90 Å². The zero-order valence-electron chi connectivity index (χ0n) is 13.3. The van der Waals surface area contributed by atoms with Gasteiger partial charge in [-0.15, -0.1) is 0 Å². The van der Waals surface area contributed by atoms with Crippen molar-refractivity contribution in [2.45, 2.75) is 19.1 Å². The summed E-state index contributed by atoms with van der Waals surface area (Å²) in [5, 5.41) is 0.395. The van der Waals surface area contributed by atoms with Crippen LogP contribution in [0.15, 0.2) is 36.9 Å². The van der Waals surface area contributed by atoms with Gasteiger partial charge in [-0.2, -0.15) is 13.2 Å². The predicted octanol–water partition coefficient (Wildman–Crippen LogP) is 3.61. The first kappa shape index (κ1) is 17.0. The van der Waals surface area contributed by atoms with Crippen LogP contribution in [0.5, 0.6) is 0 Å². The van der Waals surface area contributed by atoms with Gasteiger partial charge in [0.25, 0.3) is 0 Å². The molecule has 0 N–H and O–H groups in total. The molecule has 130 valence electrons. The van der Waals surface area contributed by atoms with Gasteiger partial charge in [0.2, 0.25) is 0 Å². The molecule has 3 heterocycles. The average Bonchev–Trinajstić information content (AvgIpc) is 2.59. The number of alkyl halides is 3. The van der Waals surface area contributed by atoms with Crippen molar-refractivity contribution in [3.63, 3.8) is 0 Å². The number of nitrogens with zero attached hydrogens (tertiary/aromatic N) is 5. The third kappa shape index (κ3) is 3.21. The maximum atomic E-state index is 14.0. The van der Waals surface area contributed by atoms with Crippen LogP contribution in [-0.2, 0) is 0 Å². The number of hydrogen-bond donors (Lipinski definition) is 0. The molecule has 25 heavy (non-hydrogen) atoms. The van der Waals surface area contributed by atoms with Gasteiger partial charge in [-0.3, -0.25) is 9.97 Å². The first-order chi connectivity index (χ1) is 11.8. The van der Waals surface area contributed by atoms with E-state index in [1.54, 1.807) is 0 Å². The Morgan fingerprint density at radius 2 is 1.72 bits per heavy atom. The Labute approximate surface area is 140 Å². The lowest BCUT2D eigenvalue weighted by Crippen LogP contribution is -2.41. The molecule has 0 spiro atoms. The maximum Gasteiger partial charge on any atom is 0.408 e. The summed E-state index contributed by atoms with van der Waals surface area (Å²) in [7, 11) is 1.28. The summed E-state index contributed by atoms with van der Waals surface area (Å²) in [6.07, 6.45) is 0.745. The number of hydrogen-bond acceptors (Lipinski definition) is 5. The summed E-state index contributed by atoms with van der Waals surface area (Å²) in [5.41, 5.74) is 0.370. The van der Waals surface area contributed by atoms with Crippen LogP contribution in [-0.4, -0.2) is 39.2 Å². The number of fused-ring (bicyclic) bond motifs is 1. The summed E-state index contributed by atoms with van der Waals surface area (Å²) in [5.74, 6) is -0.650. The molecule has 0 fully saturated rings. The molecule has 0 saturated carbocycles. The fourth-order valence-electron chi connectivity index (χ4n) is 2.31. The molecule has 0 bridgehead atoms. The summed E-state index contributed by atoms with van der Waals surface area (Å²) in [6.45, 7) is 1.03. The van der Waals surface area contributed by atoms with Crippen molar-refractivity contribution < 1.29 is 17.6 Å². The molecular weight excluding hydrogens is 338 g/mol. The molecule has 1 atom stereocenters. The van der Waals surface area contributed by atoms with Gasteiger partial charge < -0.3 is 4.90 Å². The lowest BCUT2D eigenvalue weighted by atomic mass is 10.2. The standard InChI is InChI=1S/C16H13F4N5/c1-9(16(18,19)20)25(2)15-11-4-6-22-8-13(11)23-14(24-15)10-3-5-21-7-12(10)17/h3-9H,1-2H3. The third-order valence-corrected chi connectivity index (χ3v) is 3.88. The molecule has 0 amide bonds. The van der Waals surface area contributed by atoms with Gasteiger partial charge in [0.15, 0.2) is 11.6 Å². The van der Waals surface area contributed by atoms with Crippen LogP contribution in [0.1, 0.15) is 6.92 Å². The van der Waals surface area contributed by atoms with E-state index < -0.39 is 18.0 Å². The van der Waals surface area contributed by atoms with Crippen molar-refractivity contribution in [3.8, 4) is 11.4 Å². The molecule has 0 aliphatic heterocycles. The van der Waals surface area contributed by atoms with Crippen molar-refractivity contribution >= 4 is 16.7 Å². The fraction of sp³-hybridized carbons (Fsp3) is 0.250. The Kier molecular flexibility index (Phi) is 4.23. The lowest BCUT2D eigenvalue weighted by molar-refractivity contribution is -0.144. The predicted molar refractivity (Wildman–Crippen MR) is 84.4 cm³/mol. The largest absolute Gasteiger partial charge is 0.408 e. The van der Waals surface area contributed by atoms with Gasteiger partial charge in [0.05, 0.1) is 23.5 Å². The molecule has 3 aromatic heterocycles. The van der Waals surface area contributed by atoms with Gasteiger partial charge >= 0.3 is 6.18 Å². The molecule has 9 heteroatoms. The van der Waals surface area contributed by atoms with Crippen molar-refractivity contribution in [2.75, 3.05) is 11.9 Å². The van der Waals surface area contributed by atoms with Crippen molar-refractivity contribution in [3.05, 3.63) is 42.7 Å². The molecule has 0 aliphatic rings. The van der Waals surface area contributed by atoms with E-state index in [2.05, 4.69) is 19.9 Å². The number of halogens is 4. The highest BCUT2D eigenvalue weighted by atomic mass is 19.4. The third-order valence-electron chi connectivity index (χ3n) is 3.88. The minimum atomic E-state index is -4.44. The van der Waals surface area contributed by atoms with Gasteiger partial charge in [-0.05, 0) is 19.1 Å². The van der Waals surface area contributed by atoms with Crippen LogP contribution in [0.2, 0.25) is 0 Å². The topological polar surface area (TPSA) is 54.8 Å².